The van der Waals surface area contributed by atoms with E-state index in [0.29, 0.717) is 18.4 Å². The van der Waals surface area contributed by atoms with Gasteiger partial charge >= 0.3 is 5.97 Å². The second-order valence-electron chi connectivity index (χ2n) is 4.62. The van der Waals surface area contributed by atoms with Crippen molar-refractivity contribution in [3.05, 3.63) is 27.7 Å². The van der Waals surface area contributed by atoms with E-state index in [1.165, 1.54) is 12.1 Å². The van der Waals surface area contributed by atoms with Crippen LogP contribution in [-0.2, 0) is 14.8 Å². The van der Waals surface area contributed by atoms with Gasteiger partial charge < -0.3 is 5.11 Å². The molecule has 1 saturated heterocycles. The number of hydrogen-bond donors (Lipinski definition) is 1. The summed E-state index contributed by atoms with van der Waals surface area (Å²) in [4.78, 5) is 11.0. The molecular formula is C12H13Cl2NO4S. The van der Waals surface area contributed by atoms with Gasteiger partial charge in [-0.3, -0.25) is 4.79 Å². The summed E-state index contributed by atoms with van der Waals surface area (Å²) in [5, 5.41) is 9.57. The monoisotopic (exact) mass is 337 g/mol. The maximum absolute atomic E-state index is 12.5. The van der Waals surface area contributed by atoms with E-state index >= 15 is 0 Å². The van der Waals surface area contributed by atoms with E-state index in [4.69, 9.17) is 28.3 Å². The minimum Gasteiger partial charge on any atom is -0.480 e. The molecule has 2 rings (SSSR count). The molecule has 8 heteroatoms. The zero-order valence-electron chi connectivity index (χ0n) is 10.6. The van der Waals surface area contributed by atoms with Gasteiger partial charge in [-0.05, 0) is 37.5 Å². The van der Waals surface area contributed by atoms with Gasteiger partial charge in [0.1, 0.15) is 6.04 Å². The highest BCUT2D eigenvalue weighted by molar-refractivity contribution is 7.89. The van der Waals surface area contributed by atoms with Crippen LogP contribution in [0.3, 0.4) is 0 Å². The average molecular weight is 338 g/mol. The van der Waals surface area contributed by atoms with Crippen molar-refractivity contribution in [2.24, 2.45) is 0 Å². The number of benzene rings is 1. The van der Waals surface area contributed by atoms with Crippen LogP contribution in [0.1, 0.15) is 18.4 Å². The second kappa shape index (κ2) is 5.52. The summed E-state index contributed by atoms with van der Waals surface area (Å²) >= 11 is 11.9. The Morgan fingerprint density at radius 2 is 1.90 bits per heavy atom. The van der Waals surface area contributed by atoms with Crippen LogP contribution >= 0.6 is 23.2 Å². The molecule has 1 aliphatic heterocycles. The minimum atomic E-state index is -3.91. The number of carboxylic acid groups (broad SMARTS) is 1. The molecule has 20 heavy (non-hydrogen) atoms. The van der Waals surface area contributed by atoms with E-state index in [0.717, 1.165) is 4.31 Å². The summed E-state index contributed by atoms with van der Waals surface area (Å²) in [6.45, 7) is 1.86. The quantitative estimate of drug-likeness (QED) is 0.919. The van der Waals surface area contributed by atoms with E-state index in [2.05, 4.69) is 0 Å². The molecule has 1 atom stereocenters. The molecule has 1 N–H and O–H groups in total. The molecule has 0 radical (unpaired) electrons. The van der Waals surface area contributed by atoms with Gasteiger partial charge in [-0.25, -0.2) is 8.42 Å². The van der Waals surface area contributed by atoms with Gasteiger partial charge in [-0.15, -0.1) is 0 Å². The maximum atomic E-state index is 12.5. The van der Waals surface area contributed by atoms with Gasteiger partial charge in [0.2, 0.25) is 10.0 Å². The maximum Gasteiger partial charge on any atom is 0.322 e. The van der Waals surface area contributed by atoms with E-state index < -0.39 is 22.0 Å². The number of nitrogens with zero attached hydrogens (tertiary/aromatic N) is 1. The average Bonchev–Trinajstić information content (AvgIpc) is 2.85. The van der Waals surface area contributed by atoms with Crippen molar-refractivity contribution < 1.29 is 18.3 Å². The number of hydrogen-bond acceptors (Lipinski definition) is 3. The molecule has 0 amide bonds. The van der Waals surface area contributed by atoms with Gasteiger partial charge in [0.15, 0.2) is 0 Å². The summed E-state index contributed by atoms with van der Waals surface area (Å²) in [6, 6.07) is 1.57. The highest BCUT2D eigenvalue weighted by atomic mass is 35.5. The summed E-state index contributed by atoms with van der Waals surface area (Å²) in [7, 11) is -3.91. The Bertz CT molecular complexity index is 636. The number of sulfonamides is 1. The zero-order chi connectivity index (χ0) is 15.1. The normalized spacial score (nSPS) is 20.2. The van der Waals surface area contributed by atoms with Gasteiger partial charge in [-0.2, -0.15) is 4.31 Å². The summed E-state index contributed by atoms with van der Waals surface area (Å²) in [6.07, 6.45) is 0.825. The second-order valence-corrected chi connectivity index (χ2v) is 7.33. The van der Waals surface area contributed by atoms with E-state index in [1.54, 1.807) is 6.92 Å². The molecule has 1 heterocycles. The molecule has 0 bridgehead atoms. The lowest BCUT2D eigenvalue weighted by Gasteiger charge is -2.21. The van der Waals surface area contributed by atoms with Crippen LogP contribution in [0.15, 0.2) is 17.0 Å². The topological polar surface area (TPSA) is 74.7 Å². The highest BCUT2D eigenvalue weighted by Gasteiger charge is 2.39. The largest absolute Gasteiger partial charge is 0.480 e. The summed E-state index contributed by atoms with van der Waals surface area (Å²) in [5.41, 5.74) is 0.587. The van der Waals surface area contributed by atoms with Crippen molar-refractivity contribution in [2.75, 3.05) is 6.54 Å². The molecule has 110 valence electrons. The van der Waals surface area contributed by atoms with Crippen LogP contribution in [0.4, 0.5) is 0 Å². The fraction of sp³-hybridized carbons (Fsp3) is 0.417. The van der Waals surface area contributed by atoms with Crippen molar-refractivity contribution in [3.8, 4) is 0 Å². The lowest BCUT2D eigenvalue weighted by molar-refractivity contribution is -0.140. The van der Waals surface area contributed by atoms with E-state index in [-0.39, 0.29) is 21.5 Å². The fourth-order valence-corrected chi connectivity index (χ4v) is 4.50. The van der Waals surface area contributed by atoms with Crippen molar-refractivity contribution in [1.29, 1.82) is 0 Å². The number of rotatable bonds is 3. The third kappa shape index (κ3) is 2.65. The fourth-order valence-electron chi connectivity index (χ4n) is 2.18. The Balaban J connectivity index is 2.48. The third-order valence-corrected chi connectivity index (χ3v) is 6.02. The molecule has 0 saturated carbocycles. The molecule has 0 unspecified atom stereocenters. The first-order valence-electron chi connectivity index (χ1n) is 5.95. The summed E-state index contributed by atoms with van der Waals surface area (Å²) < 4.78 is 26.0. The van der Waals surface area contributed by atoms with Gasteiger partial charge in [0.25, 0.3) is 0 Å². The third-order valence-electron chi connectivity index (χ3n) is 3.35. The van der Waals surface area contributed by atoms with E-state index in [1.807, 2.05) is 0 Å². The first-order chi connectivity index (χ1) is 9.25. The van der Waals surface area contributed by atoms with Gasteiger partial charge in [0.05, 0.1) is 4.90 Å². The molecular weight excluding hydrogens is 325 g/mol. The van der Waals surface area contributed by atoms with Crippen LogP contribution in [0.5, 0.6) is 0 Å². The lowest BCUT2D eigenvalue weighted by atomic mass is 10.2. The SMILES string of the molecule is Cc1c(Cl)cc(S(=O)(=O)N2CCC[C@H]2C(=O)O)cc1Cl. The van der Waals surface area contributed by atoms with Crippen molar-refractivity contribution in [3.63, 3.8) is 0 Å². The molecule has 0 aromatic heterocycles. The van der Waals surface area contributed by atoms with Crippen molar-refractivity contribution in [2.45, 2.75) is 30.7 Å². The number of halogens is 2. The van der Waals surface area contributed by atoms with E-state index in [9.17, 15) is 13.2 Å². The molecule has 5 nitrogen and oxygen atoms in total. The molecule has 0 spiro atoms. The first-order valence-corrected chi connectivity index (χ1v) is 8.15. The standard InChI is InChI=1S/C12H13Cl2NO4S/c1-7-9(13)5-8(6-10(7)14)20(18,19)15-4-2-3-11(15)12(16)17/h5-6,11H,2-4H2,1H3,(H,16,17)/t11-/m0/s1. The van der Waals surface area contributed by atoms with Crippen LogP contribution in [0.2, 0.25) is 10.0 Å². The Morgan fingerprint density at radius 1 is 1.35 bits per heavy atom. The van der Waals surface area contributed by atoms with Crippen LogP contribution < -0.4 is 0 Å². The van der Waals surface area contributed by atoms with Gasteiger partial charge in [0, 0.05) is 16.6 Å². The Labute approximate surface area is 127 Å². The number of aliphatic carboxylic acids is 1. The molecule has 1 fully saturated rings. The van der Waals surface area contributed by atoms with Crippen LogP contribution in [0, 0.1) is 6.92 Å². The molecule has 1 aromatic carbocycles. The smallest absolute Gasteiger partial charge is 0.322 e. The zero-order valence-corrected chi connectivity index (χ0v) is 13.0. The lowest BCUT2D eigenvalue weighted by Crippen LogP contribution is -2.40. The summed E-state index contributed by atoms with van der Waals surface area (Å²) in [5.74, 6) is -1.14. The van der Waals surface area contributed by atoms with Crippen LogP contribution in [0.25, 0.3) is 0 Å². The molecule has 1 aliphatic rings. The molecule has 0 aliphatic carbocycles. The minimum absolute atomic E-state index is 0.0775. The van der Waals surface area contributed by atoms with Crippen molar-refractivity contribution in [1.82, 2.24) is 4.31 Å². The van der Waals surface area contributed by atoms with Crippen LogP contribution in [-0.4, -0.2) is 36.4 Å². The Hall–Kier alpha value is -0.820. The van der Waals surface area contributed by atoms with Gasteiger partial charge in [-0.1, -0.05) is 23.2 Å². The molecule has 1 aromatic rings. The number of carboxylic acids is 1. The van der Waals surface area contributed by atoms with Crippen molar-refractivity contribution >= 4 is 39.2 Å². The highest BCUT2D eigenvalue weighted by Crippen LogP contribution is 2.32. The Morgan fingerprint density at radius 3 is 2.40 bits per heavy atom. The number of carbonyl (C=O) groups is 1. The Kier molecular flexibility index (Phi) is 4.30. The predicted octanol–water partition coefficient (Wildman–Crippen LogP) is 2.54. The first kappa shape index (κ1) is 15.6. The predicted molar refractivity (Wildman–Crippen MR) is 75.7 cm³/mol.